The molecule has 6 N–H and O–H groups in total. The van der Waals surface area contributed by atoms with Gasteiger partial charge >= 0.3 is 0 Å². The van der Waals surface area contributed by atoms with Crippen molar-refractivity contribution in [2.75, 3.05) is 0 Å². The fourth-order valence-corrected chi connectivity index (χ4v) is 4.73. The quantitative estimate of drug-likeness (QED) is 0.439. The Balaban J connectivity index is 1.80. The van der Waals surface area contributed by atoms with Crippen molar-refractivity contribution in [3.05, 3.63) is 71.8 Å². The van der Waals surface area contributed by atoms with Crippen LogP contribution in [0.1, 0.15) is 23.0 Å². The maximum atomic E-state index is 11.3. The van der Waals surface area contributed by atoms with Crippen molar-refractivity contribution in [2.24, 2.45) is 0 Å². The number of benzene rings is 2. The van der Waals surface area contributed by atoms with Gasteiger partial charge in [-0.2, -0.15) is 0 Å². The van der Waals surface area contributed by atoms with E-state index in [0.717, 1.165) is 0 Å². The lowest BCUT2D eigenvalue weighted by molar-refractivity contribution is -0.373. The molecule has 0 amide bonds. The Labute approximate surface area is 150 Å². The van der Waals surface area contributed by atoms with Crippen LogP contribution in [0.2, 0.25) is 0 Å². The number of hydrogen-bond donors (Lipinski definition) is 6. The fraction of sp³-hybridized carbons (Fsp3) is 0.400. The van der Waals surface area contributed by atoms with Gasteiger partial charge in [0.15, 0.2) is 0 Å². The van der Waals surface area contributed by atoms with Gasteiger partial charge in [0.1, 0.15) is 23.4 Å². The summed E-state index contributed by atoms with van der Waals surface area (Å²) in [6.45, 7) is 0. The van der Waals surface area contributed by atoms with Gasteiger partial charge in [0.05, 0.1) is 12.2 Å². The van der Waals surface area contributed by atoms with Crippen LogP contribution in [0.3, 0.4) is 0 Å². The molecule has 8 atom stereocenters. The Morgan fingerprint density at radius 3 is 1.15 bits per heavy atom. The Kier molecular flexibility index (Phi) is 3.96. The molecule has 2 aliphatic rings. The minimum absolute atomic E-state index is 0.529. The maximum Gasteiger partial charge on any atom is 0.134 e. The predicted molar refractivity (Wildman–Crippen MR) is 92.3 cm³/mol. The molecule has 2 aliphatic carbocycles. The standard InChI is InChI=1S/C20H22O6/c21-15-13(11-7-3-1-4-8-11)19(25,17(15)23)20(26)14(16(22)18(20)24)12-9-5-2-6-10-12/h1-10,13-18,21-26H/t13?,14?,15?,16?,17-,18+,19-,20-/m1/s1. The summed E-state index contributed by atoms with van der Waals surface area (Å²) in [5, 5.41) is 64.0. The molecule has 0 aromatic heterocycles. The van der Waals surface area contributed by atoms with E-state index in [1.54, 1.807) is 60.7 Å². The minimum Gasteiger partial charge on any atom is -0.390 e. The first-order chi connectivity index (χ1) is 12.3. The number of rotatable bonds is 3. The molecule has 2 fully saturated rings. The highest BCUT2D eigenvalue weighted by Gasteiger charge is 2.80. The van der Waals surface area contributed by atoms with E-state index < -0.39 is 47.5 Å². The summed E-state index contributed by atoms with van der Waals surface area (Å²) in [4.78, 5) is 0. The first-order valence-corrected chi connectivity index (χ1v) is 8.62. The van der Waals surface area contributed by atoms with Gasteiger partial charge in [0.25, 0.3) is 0 Å². The SMILES string of the molecule is OC1C(c2ccccc2)[C@](O)([C@@]2(O)C(c3ccccc3)C(O)[C@@H]2O)[C@@H]1O. The van der Waals surface area contributed by atoms with Crippen LogP contribution in [0.5, 0.6) is 0 Å². The molecule has 0 spiro atoms. The molecule has 2 aromatic carbocycles. The molecule has 0 bridgehead atoms. The first kappa shape index (κ1) is 17.6. The molecule has 0 heterocycles. The summed E-state index contributed by atoms with van der Waals surface area (Å²) in [6, 6.07) is 17.1. The molecular weight excluding hydrogens is 336 g/mol. The van der Waals surface area contributed by atoms with Gasteiger partial charge in [-0.25, -0.2) is 0 Å². The summed E-state index contributed by atoms with van der Waals surface area (Å²) in [5.41, 5.74) is -3.37. The van der Waals surface area contributed by atoms with Crippen LogP contribution in [0, 0.1) is 0 Å². The van der Waals surface area contributed by atoms with Gasteiger partial charge in [0.2, 0.25) is 0 Å². The van der Waals surface area contributed by atoms with Crippen LogP contribution in [0.25, 0.3) is 0 Å². The molecular formula is C20H22O6. The van der Waals surface area contributed by atoms with Crippen LogP contribution in [0.15, 0.2) is 60.7 Å². The lowest BCUT2D eigenvalue weighted by Crippen LogP contribution is -2.87. The molecule has 4 rings (SSSR count). The van der Waals surface area contributed by atoms with Gasteiger partial charge in [-0.1, -0.05) is 60.7 Å². The third-order valence-corrected chi connectivity index (χ3v) is 6.14. The second kappa shape index (κ2) is 5.85. The van der Waals surface area contributed by atoms with Crippen molar-refractivity contribution in [3.63, 3.8) is 0 Å². The van der Waals surface area contributed by atoms with Gasteiger partial charge in [-0.3, -0.25) is 0 Å². The Bertz CT molecular complexity index is 716. The molecule has 6 nitrogen and oxygen atoms in total. The Morgan fingerprint density at radius 1 is 0.538 bits per heavy atom. The molecule has 4 unspecified atom stereocenters. The average molecular weight is 358 g/mol. The maximum absolute atomic E-state index is 11.3. The molecule has 0 aliphatic heterocycles. The zero-order valence-corrected chi connectivity index (χ0v) is 13.9. The van der Waals surface area contributed by atoms with Crippen molar-refractivity contribution in [1.29, 1.82) is 0 Å². The molecule has 6 heteroatoms. The normalized spacial score (nSPS) is 44.8. The second-order valence-corrected chi connectivity index (χ2v) is 7.30. The third-order valence-electron chi connectivity index (χ3n) is 6.14. The first-order valence-electron chi connectivity index (χ1n) is 8.62. The average Bonchev–Trinajstić information content (AvgIpc) is 2.68. The highest BCUT2D eigenvalue weighted by molar-refractivity contribution is 5.44. The highest BCUT2D eigenvalue weighted by atomic mass is 16.4. The van der Waals surface area contributed by atoms with Gasteiger partial charge in [-0.15, -0.1) is 0 Å². The van der Waals surface area contributed by atoms with E-state index in [2.05, 4.69) is 0 Å². The van der Waals surface area contributed by atoms with Crippen molar-refractivity contribution >= 4 is 0 Å². The molecule has 26 heavy (non-hydrogen) atoms. The van der Waals surface area contributed by atoms with Crippen LogP contribution in [-0.2, 0) is 0 Å². The second-order valence-electron chi connectivity index (χ2n) is 7.30. The van der Waals surface area contributed by atoms with E-state index in [0.29, 0.717) is 11.1 Å². The lowest BCUT2D eigenvalue weighted by atomic mass is 9.44. The van der Waals surface area contributed by atoms with Crippen LogP contribution >= 0.6 is 0 Å². The number of hydrogen-bond acceptors (Lipinski definition) is 6. The van der Waals surface area contributed by atoms with Gasteiger partial charge in [-0.05, 0) is 11.1 Å². The summed E-state index contributed by atoms with van der Waals surface area (Å²) < 4.78 is 0. The van der Waals surface area contributed by atoms with Crippen LogP contribution < -0.4 is 0 Å². The lowest BCUT2D eigenvalue weighted by Gasteiger charge is -2.68. The van der Waals surface area contributed by atoms with E-state index in [4.69, 9.17) is 0 Å². The summed E-state index contributed by atoms with van der Waals surface area (Å²) in [7, 11) is 0. The predicted octanol–water partition coefficient (Wildman–Crippen LogP) is -0.513. The van der Waals surface area contributed by atoms with E-state index in [-0.39, 0.29) is 0 Å². The zero-order chi connectivity index (χ0) is 18.7. The minimum atomic E-state index is -2.22. The summed E-state index contributed by atoms with van der Waals surface area (Å²) in [5.74, 6) is -2.01. The van der Waals surface area contributed by atoms with Crippen LogP contribution in [0.4, 0.5) is 0 Å². The van der Waals surface area contributed by atoms with E-state index in [1.165, 1.54) is 0 Å². The van der Waals surface area contributed by atoms with Crippen molar-refractivity contribution in [2.45, 2.75) is 47.5 Å². The van der Waals surface area contributed by atoms with E-state index in [1.807, 2.05) is 0 Å². The Morgan fingerprint density at radius 2 is 0.846 bits per heavy atom. The molecule has 0 saturated heterocycles. The summed E-state index contributed by atoms with van der Waals surface area (Å²) >= 11 is 0. The van der Waals surface area contributed by atoms with Gasteiger partial charge in [0, 0.05) is 11.8 Å². The molecule has 0 radical (unpaired) electrons. The van der Waals surface area contributed by atoms with Crippen molar-refractivity contribution < 1.29 is 30.6 Å². The summed E-state index contributed by atoms with van der Waals surface area (Å²) in [6.07, 6.45) is -5.92. The molecule has 2 aromatic rings. The van der Waals surface area contributed by atoms with Gasteiger partial charge < -0.3 is 30.6 Å². The number of aliphatic hydroxyl groups excluding tert-OH is 4. The molecule has 138 valence electrons. The third kappa shape index (κ3) is 1.97. The zero-order valence-electron chi connectivity index (χ0n) is 13.9. The topological polar surface area (TPSA) is 121 Å². The molecule has 2 saturated carbocycles. The monoisotopic (exact) mass is 358 g/mol. The highest BCUT2D eigenvalue weighted by Crippen LogP contribution is 2.62. The largest absolute Gasteiger partial charge is 0.390 e. The number of aliphatic hydroxyl groups is 6. The smallest absolute Gasteiger partial charge is 0.134 e. The van der Waals surface area contributed by atoms with Crippen molar-refractivity contribution in [1.82, 2.24) is 0 Å². The van der Waals surface area contributed by atoms with E-state index in [9.17, 15) is 30.6 Å². The van der Waals surface area contributed by atoms with Crippen LogP contribution in [-0.4, -0.2) is 66.3 Å². The van der Waals surface area contributed by atoms with Crippen molar-refractivity contribution in [3.8, 4) is 0 Å². The fourth-order valence-electron chi connectivity index (χ4n) is 4.73. The Hall–Kier alpha value is -1.80. The van der Waals surface area contributed by atoms with E-state index >= 15 is 0 Å².